The number of carbonyl (C=O) groups excluding carboxylic acids is 1. The molecule has 0 atom stereocenters. The zero-order chi connectivity index (χ0) is 18.8. The quantitative estimate of drug-likeness (QED) is 0.622. The monoisotopic (exact) mass is 357 g/mol. The number of esters is 1. The summed E-state index contributed by atoms with van der Waals surface area (Å²) in [6.45, 7) is -1.15. The SMILES string of the molecule is Cc1c(/C=C2\N=C(c3cccc(OC(F)F)c3)OC2=O)cc(C#N)n1C. The van der Waals surface area contributed by atoms with Crippen LogP contribution in [0, 0.1) is 18.3 Å². The first-order chi connectivity index (χ1) is 12.4. The topological polar surface area (TPSA) is 76.6 Å². The van der Waals surface area contributed by atoms with E-state index in [-0.39, 0.29) is 17.3 Å². The minimum Gasteiger partial charge on any atom is -0.435 e. The van der Waals surface area contributed by atoms with Gasteiger partial charge >= 0.3 is 12.6 Å². The number of benzene rings is 1. The lowest BCUT2D eigenvalue weighted by Crippen LogP contribution is -2.07. The first kappa shape index (κ1) is 17.4. The molecule has 132 valence electrons. The van der Waals surface area contributed by atoms with Crippen LogP contribution in [0.5, 0.6) is 5.75 Å². The maximum absolute atomic E-state index is 12.3. The third kappa shape index (κ3) is 3.32. The first-order valence-corrected chi connectivity index (χ1v) is 7.53. The van der Waals surface area contributed by atoms with Crippen molar-refractivity contribution >= 4 is 17.9 Å². The number of ether oxygens (including phenoxy) is 2. The maximum atomic E-state index is 12.3. The predicted octanol–water partition coefficient (Wildman–Crippen LogP) is 3.15. The van der Waals surface area contributed by atoms with E-state index in [0.717, 1.165) is 5.69 Å². The average molecular weight is 357 g/mol. The van der Waals surface area contributed by atoms with Gasteiger partial charge in [0, 0.05) is 18.3 Å². The summed E-state index contributed by atoms with van der Waals surface area (Å²) >= 11 is 0. The molecule has 0 unspecified atom stereocenters. The summed E-state index contributed by atoms with van der Waals surface area (Å²) in [5.41, 5.74) is 2.29. The molecule has 0 bridgehead atoms. The molecule has 26 heavy (non-hydrogen) atoms. The van der Waals surface area contributed by atoms with Gasteiger partial charge in [0.25, 0.3) is 0 Å². The van der Waals surface area contributed by atoms with E-state index in [1.807, 2.05) is 6.92 Å². The zero-order valence-electron chi connectivity index (χ0n) is 13.9. The fourth-order valence-electron chi connectivity index (χ4n) is 2.46. The molecule has 2 aromatic rings. The van der Waals surface area contributed by atoms with Gasteiger partial charge < -0.3 is 14.0 Å². The van der Waals surface area contributed by atoms with E-state index < -0.39 is 12.6 Å². The molecule has 0 radical (unpaired) electrons. The molecular formula is C18H13F2N3O3. The Kier molecular flexibility index (Phi) is 4.54. The number of nitrogens with zero attached hydrogens (tertiary/aromatic N) is 3. The predicted molar refractivity (Wildman–Crippen MR) is 88.5 cm³/mol. The standard InChI is InChI=1S/C18H13F2N3O3/c1-10-12(6-13(9-21)23(10)2)8-15-17(24)26-16(22-15)11-4-3-5-14(7-11)25-18(19)20/h3-8,18H,1-2H3/b15-8-. The Bertz CT molecular complexity index is 984. The van der Waals surface area contributed by atoms with Crippen LogP contribution in [0.15, 0.2) is 41.0 Å². The van der Waals surface area contributed by atoms with Gasteiger partial charge in [-0.05, 0) is 42.8 Å². The van der Waals surface area contributed by atoms with Crippen LogP contribution in [0.3, 0.4) is 0 Å². The molecule has 0 saturated heterocycles. The van der Waals surface area contributed by atoms with Crippen LogP contribution in [0.1, 0.15) is 22.5 Å². The Hall–Kier alpha value is -3.47. The summed E-state index contributed by atoms with van der Waals surface area (Å²) in [6, 6.07) is 9.42. The molecule has 1 aliphatic heterocycles. The van der Waals surface area contributed by atoms with Gasteiger partial charge in [-0.3, -0.25) is 0 Å². The van der Waals surface area contributed by atoms with Gasteiger partial charge in [0.05, 0.1) is 0 Å². The number of aromatic nitrogens is 1. The Balaban J connectivity index is 1.94. The van der Waals surface area contributed by atoms with Crippen molar-refractivity contribution in [3.63, 3.8) is 0 Å². The first-order valence-electron chi connectivity index (χ1n) is 7.53. The van der Waals surface area contributed by atoms with Crippen molar-refractivity contribution in [2.24, 2.45) is 12.0 Å². The fourth-order valence-corrected chi connectivity index (χ4v) is 2.46. The smallest absolute Gasteiger partial charge is 0.387 e. The summed E-state index contributed by atoms with van der Waals surface area (Å²) in [6.07, 6.45) is 1.52. The summed E-state index contributed by atoms with van der Waals surface area (Å²) in [4.78, 5) is 16.2. The van der Waals surface area contributed by atoms with Crippen LogP contribution in [0.4, 0.5) is 8.78 Å². The van der Waals surface area contributed by atoms with E-state index in [1.54, 1.807) is 23.7 Å². The molecule has 8 heteroatoms. The Labute approximate surface area is 147 Å². The van der Waals surface area contributed by atoms with Crippen molar-refractivity contribution in [1.82, 2.24) is 4.57 Å². The fraction of sp³-hybridized carbons (Fsp3) is 0.167. The highest BCUT2D eigenvalue weighted by atomic mass is 19.3. The Morgan fingerprint density at radius 1 is 1.38 bits per heavy atom. The molecular weight excluding hydrogens is 344 g/mol. The number of hydrogen-bond acceptors (Lipinski definition) is 5. The lowest BCUT2D eigenvalue weighted by molar-refractivity contribution is -0.129. The van der Waals surface area contributed by atoms with E-state index >= 15 is 0 Å². The number of aliphatic imine (C=N–C) groups is 1. The van der Waals surface area contributed by atoms with Crippen molar-refractivity contribution in [3.05, 3.63) is 58.5 Å². The second-order valence-corrected chi connectivity index (χ2v) is 5.48. The second-order valence-electron chi connectivity index (χ2n) is 5.48. The largest absolute Gasteiger partial charge is 0.435 e. The Morgan fingerprint density at radius 2 is 2.15 bits per heavy atom. The van der Waals surface area contributed by atoms with Gasteiger partial charge in [-0.1, -0.05) is 6.07 Å². The number of alkyl halides is 2. The third-order valence-corrected chi connectivity index (χ3v) is 3.91. The van der Waals surface area contributed by atoms with Crippen molar-refractivity contribution < 1.29 is 23.0 Å². The van der Waals surface area contributed by atoms with Gasteiger partial charge in [0.15, 0.2) is 5.70 Å². The lowest BCUT2D eigenvalue weighted by Gasteiger charge is -2.05. The normalized spacial score (nSPS) is 15.2. The lowest BCUT2D eigenvalue weighted by atomic mass is 10.2. The maximum Gasteiger partial charge on any atom is 0.387 e. The van der Waals surface area contributed by atoms with Crippen molar-refractivity contribution in [2.75, 3.05) is 0 Å². The van der Waals surface area contributed by atoms with E-state index in [9.17, 15) is 13.6 Å². The molecule has 1 aromatic heterocycles. The van der Waals surface area contributed by atoms with E-state index in [0.29, 0.717) is 16.8 Å². The van der Waals surface area contributed by atoms with Gasteiger partial charge in [-0.2, -0.15) is 14.0 Å². The second kappa shape index (κ2) is 6.80. The molecule has 0 aliphatic carbocycles. The van der Waals surface area contributed by atoms with Crippen LogP contribution in [-0.2, 0) is 16.6 Å². The van der Waals surface area contributed by atoms with Gasteiger partial charge in [-0.15, -0.1) is 0 Å². The summed E-state index contributed by atoms with van der Waals surface area (Å²) < 4.78 is 35.8. The third-order valence-electron chi connectivity index (χ3n) is 3.91. The molecule has 3 rings (SSSR count). The van der Waals surface area contributed by atoms with Gasteiger partial charge in [0.1, 0.15) is 17.5 Å². The molecule has 6 nitrogen and oxygen atoms in total. The van der Waals surface area contributed by atoms with Crippen LogP contribution in [-0.4, -0.2) is 23.0 Å². The minimum atomic E-state index is -2.95. The van der Waals surface area contributed by atoms with Crippen LogP contribution >= 0.6 is 0 Å². The molecule has 0 N–H and O–H groups in total. The minimum absolute atomic E-state index is 0.00458. The molecule has 0 spiro atoms. The van der Waals surface area contributed by atoms with Crippen molar-refractivity contribution in [1.29, 1.82) is 5.26 Å². The zero-order valence-corrected chi connectivity index (χ0v) is 13.9. The molecule has 0 saturated carbocycles. The van der Waals surface area contributed by atoms with Crippen LogP contribution in [0.2, 0.25) is 0 Å². The molecule has 2 heterocycles. The number of rotatable bonds is 4. The van der Waals surface area contributed by atoms with Crippen LogP contribution in [0.25, 0.3) is 6.08 Å². The Morgan fingerprint density at radius 3 is 2.81 bits per heavy atom. The highest BCUT2D eigenvalue weighted by molar-refractivity contribution is 6.13. The molecule has 0 fully saturated rings. The highest BCUT2D eigenvalue weighted by Crippen LogP contribution is 2.24. The molecule has 1 aliphatic rings. The average Bonchev–Trinajstić information content (AvgIpc) is 3.09. The van der Waals surface area contributed by atoms with E-state index in [4.69, 9.17) is 10.00 Å². The summed E-state index contributed by atoms with van der Waals surface area (Å²) in [7, 11) is 1.74. The summed E-state index contributed by atoms with van der Waals surface area (Å²) in [5.74, 6) is -0.733. The summed E-state index contributed by atoms with van der Waals surface area (Å²) in [5, 5.41) is 9.07. The number of nitriles is 1. The van der Waals surface area contributed by atoms with E-state index in [2.05, 4.69) is 15.8 Å². The van der Waals surface area contributed by atoms with Crippen LogP contribution < -0.4 is 4.74 Å². The van der Waals surface area contributed by atoms with Crippen molar-refractivity contribution in [3.8, 4) is 11.8 Å². The van der Waals surface area contributed by atoms with Crippen molar-refractivity contribution in [2.45, 2.75) is 13.5 Å². The number of carbonyl (C=O) groups is 1. The molecule has 0 amide bonds. The number of hydrogen-bond donors (Lipinski definition) is 0. The van der Waals surface area contributed by atoms with E-state index in [1.165, 1.54) is 24.3 Å². The molecule has 1 aromatic carbocycles. The van der Waals surface area contributed by atoms with Gasteiger partial charge in [0.2, 0.25) is 5.90 Å². The van der Waals surface area contributed by atoms with Gasteiger partial charge in [-0.25, -0.2) is 9.79 Å². The number of cyclic esters (lactones) is 1. The highest BCUT2D eigenvalue weighted by Gasteiger charge is 2.25. The number of halogens is 2.